The lowest BCUT2D eigenvalue weighted by molar-refractivity contribution is 0.332. The van der Waals surface area contributed by atoms with Crippen LogP contribution in [0, 0.1) is 0 Å². The third-order valence-corrected chi connectivity index (χ3v) is 18.8. The van der Waals surface area contributed by atoms with Gasteiger partial charge in [0, 0.05) is 54.2 Å². The van der Waals surface area contributed by atoms with Crippen LogP contribution in [0.2, 0.25) is 0 Å². The molecule has 0 spiro atoms. The third kappa shape index (κ3) is 5.63. The number of hydrogen-bond acceptors (Lipinski definition) is 3. The average Bonchev–Trinajstić information content (AvgIpc) is 3.62. The first-order chi connectivity index (χ1) is 30.2. The second kappa shape index (κ2) is 13.0. The topological polar surface area (TPSA) is 6.48 Å². The molecule has 0 radical (unpaired) electrons. The van der Waals surface area contributed by atoms with E-state index in [2.05, 4.69) is 196 Å². The van der Waals surface area contributed by atoms with E-state index in [1.807, 2.05) is 11.3 Å². The van der Waals surface area contributed by atoms with Crippen molar-refractivity contribution in [3.63, 3.8) is 0 Å². The van der Waals surface area contributed by atoms with Crippen molar-refractivity contribution in [1.29, 1.82) is 0 Å². The van der Waals surface area contributed by atoms with E-state index in [1.165, 1.54) is 143 Å². The minimum absolute atomic E-state index is 0.0197. The second-order valence-corrected chi connectivity index (χ2v) is 25.6. The molecule has 0 saturated heterocycles. The summed E-state index contributed by atoms with van der Waals surface area (Å²) < 4.78 is 2.71. The van der Waals surface area contributed by atoms with Crippen molar-refractivity contribution in [2.75, 3.05) is 9.71 Å². The Morgan fingerprint density at radius 1 is 0.406 bits per heavy atom. The van der Waals surface area contributed by atoms with Crippen molar-refractivity contribution in [3.8, 4) is 11.1 Å². The Morgan fingerprint density at radius 3 is 1.56 bits per heavy atom. The van der Waals surface area contributed by atoms with Crippen molar-refractivity contribution in [2.24, 2.45) is 0 Å². The maximum absolute atomic E-state index is 2.80. The summed E-state index contributed by atoms with van der Waals surface area (Å²) in [5.41, 5.74) is 21.7. The Kier molecular flexibility index (Phi) is 8.24. The van der Waals surface area contributed by atoms with Gasteiger partial charge >= 0.3 is 6.85 Å². The highest BCUT2D eigenvalue weighted by Gasteiger charge is 2.49. The van der Waals surface area contributed by atoms with E-state index < -0.39 is 0 Å². The van der Waals surface area contributed by atoms with Gasteiger partial charge in [-0.15, -0.1) is 11.3 Å². The number of rotatable bonds is 2. The first kappa shape index (κ1) is 40.7. The molecule has 0 atom stereocenters. The van der Waals surface area contributed by atoms with Crippen LogP contribution in [-0.4, -0.2) is 6.85 Å². The lowest BCUT2D eigenvalue weighted by Gasteiger charge is -2.49. The van der Waals surface area contributed by atoms with Gasteiger partial charge in [0.25, 0.3) is 0 Å². The molecule has 0 amide bonds. The normalized spacial score (nSPS) is 21.1. The highest BCUT2D eigenvalue weighted by atomic mass is 32.1. The first-order valence-electron chi connectivity index (χ1n) is 24.3. The van der Waals surface area contributed by atoms with Crippen LogP contribution in [0.3, 0.4) is 0 Å². The summed E-state index contributed by atoms with van der Waals surface area (Å²) in [4.78, 5) is 5.49. The van der Waals surface area contributed by atoms with E-state index in [1.54, 1.807) is 0 Å². The van der Waals surface area contributed by atoms with Crippen LogP contribution in [0.25, 0.3) is 31.3 Å². The van der Waals surface area contributed by atoms with Gasteiger partial charge in [-0.25, -0.2) is 0 Å². The number of thiophene rings is 1. The van der Waals surface area contributed by atoms with Crippen LogP contribution in [0.5, 0.6) is 0 Å². The number of benzene rings is 6. The Hall–Kier alpha value is -4.80. The Balaban J connectivity index is 1.20. The molecule has 0 saturated carbocycles. The number of nitrogens with zero attached hydrogens (tertiary/aromatic N) is 2. The molecule has 12 rings (SSSR count). The van der Waals surface area contributed by atoms with Gasteiger partial charge in [0.05, 0.1) is 0 Å². The molecule has 324 valence electrons. The van der Waals surface area contributed by atoms with Gasteiger partial charge in [-0.3, -0.25) is 0 Å². The summed E-state index contributed by atoms with van der Waals surface area (Å²) in [6, 6.07) is 41.9. The van der Waals surface area contributed by atoms with E-state index in [0.717, 1.165) is 0 Å². The summed E-state index contributed by atoms with van der Waals surface area (Å²) >= 11 is 1.94. The largest absolute Gasteiger partial charge is 0.376 e. The lowest BCUT2D eigenvalue weighted by atomic mass is 9.42. The van der Waals surface area contributed by atoms with Gasteiger partial charge in [0.2, 0.25) is 0 Å². The summed E-state index contributed by atoms with van der Waals surface area (Å²) in [7, 11) is 0. The smallest absolute Gasteiger partial charge is 0.333 e. The molecule has 5 aliphatic rings. The maximum atomic E-state index is 2.80. The summed E-state index contributed by atoms with van der Waals surface area (Å²) in [5, 5.41) is 2.71. The zero-order chi connectivity index (χ0) is 44.7. The molecule has 6 aromatic carbocycles. The van der Waals surface area contributed by atoms with Gasteiger partial charge in [0.15, 0.2) is 0 Å². The molecule has 4 heteroatoms. The van der Waals surface area contributed by atoms with Gasteiger partial charge in [-0.05, 0) is 175 Å². The van der Waals surface area contributed by atoms with Crippen LogP contribution in [0.4, 0.5) is 28.4 Å². The second-order valence-electron chi connectivity index (χ2n) is 24.5. The Morgan fingerprint density at radius 2 is 0.938 bits per heavy atom. The van der Waals surface area contributed by atoms with E-state index in [9.17, 15) is 0 Å². The number of hydrogen-bond donors (Lipinski definition) is 0. The van der Waals surface area contributed by atoms with Crippen LogP contribution >= 0.6 is 11.3 Å². The highest BCUT2D eigenvalue weighted by Crippen LogP contribution is 2.55. The molecule has 0 fully saturated rings. The maximum Gasteiger partial charge on any atom is 0.333 e. The summed E-state index contributed by atoms with van der Waals surface area (Å²) in [5.74, 6) is 0. The molecule has 0 unspecified atom stereocenters. The fourth-order valence-corrected chi connectivity index (χ4v) is 14.3. The number of fused-ring (bicyclic) bond motifs is 10. The van der Waals surface area contributed by atoms with E-state index in [4.69, 9.17) is 0 Å². The SMILES string of the molecule is CC1(C)CCC(C)(C)c2cc(N3B4c5cc6c(cc5N(c5ccc7c(c5)C(C)(C)CCC7(C)C)c5cccc(c54)-c4cc5c(cc43)sc3ccccc35)C(C)(C)CCC6(C)C)ccc21. The van der Waals surface area contributed by atoms with Crippen molar-refractivity contribution >= 4 is 77.7 Å². The van der Waals surface area contributed by atoms with Gasteiger partial charge in [0.1, 0.15) is 0 Å². The minimum atomic E-state index is -0.0197. The molecule has 0 N–H and O–H groups in total. The van der Waals surface area contributed by atoms with Gasteiger partial charge in [-0.2, -0.15) is 0 Å². The summed E-state index contributed by atoms with van der Waals surface area (Å²) in [6.07, 6.45) is 7.17. The Bertz CT molecular complexity index is 3150. The van der Waals surface area contributed by atoms with E-state index in [-0.39, 0.29) is 39.3 Å². The van der Waals surface area contributed by atoms with Crippen LogP contribution in [0.1, 0.15) is 155 Å². The lowest BCUT2D eigenvalue weighted by Crippen LogP contribution is -2.62. The van der Waals surface area contributed by atoms with Crippen molar-refractivity contribution in [3.05, 3.63) is 137 Å². The standard InChI is InChI=1S/C60H65BN2S/c1-55(2)24-26-57(5,6)44-30-36(20-22-42(44)55)62-49-18-15-17-39-40-32-41-38-16-13-14-19-52(38)64-53(41)35-50(40)63(37-21-23-43-45(31-37)58(7,8)27-25-56(43,3)4)61(54(39)49)48-33-46-47(34-51(48)62)60(11,12)29-28-59(46,9)10/h13-23,30-35H,24-29H2,1-12H3. The van der Waals surface area contributed by atoms with E-state index >= 15 is 0 Å². The quantitative estimate of drug-likeness (QED) is 0.160. The highest BCUT2D eigenvalue weighted by molar-refractivity contribution is 7.25. The predicted octanol–water partition coefficient (Wildman–Crippen LogP) is 15.8. The first-order valence-corrected chi connectivity index (χ1v) is 25.2. The molecule has 2 aliphatic heterocycles. The molecular weight excluding hydrogens is 792 g/mol. The molecule has 3 heterocycles. The molecular formula is C60H65BN2S. The van der Waals surface area contributed by atoms with Crippen molar-refractivity contribution in [1.82, 2.24) is 0 Å². The number of anilines is 5. The van der Waals surface area contributed by atoms with E-state index in [0.29, 0.717) is 0 Å². The fraction of sp³-hybridized carbons (Fsp3) is 0.400. The fourth-order valence-electron chi connectivity index (χ4n) is 13.2. The van der Waals surface area contributed by atoms with Gasteiger partial charge in [-0.1, -0.05) is 132 Å². The van der Waals surface area contributed by atoms with Crippen LogP contribution < -0.4 is 20.6 Å². The van der Waals surface area contributed by atoms with Crippen LogP contribution in [-0.2, 0) is 32.5 Å². The monoisotopic (exact) mass is 856 g/mol. The molecule has 3 aliphatic carbocycles. The third-order valence-electron chi connectivity index (χ3n) is 17.6. The zero-order valence-electron chi connectivity index (χ0n) is 40.4. The zero-order valence-corrected chi connectivity index (χ0v) is 41.3. The van der Waals surface area contributed by atoms with Crippen molar-refractivity contribution < 1.29 is 0 Å². The molecule has 2 nitrogen and oxygen atoms in total. The molecule has 64 heavy (non-hydrogen) atoms. The molecule has 1 aromatic heterocycles. The van der Waals surface area contributed by atoms with Crippen molar-refractivity contribution in [2.45, 2.75) is 154 Å². The summed E-state index contributed by atoms with van der Waals surface area (Å²) in [6.45, 7) is 29.7. The molecule has 7 aromatic rings. The van der Waals surface area contributed by atoms with Gasteiger partial charge < -0.3 is 9.71 Å². The van der Waals surface area contributed by atoms with Crippen LogP contribution in [0.15, 0.2) is 103 Å². The minimum Gasteiger partial charge on any atom is -0.376 e. The average molecular weight is 857 g/mol. The predicted molar refractivity (Wildman–Crippen MR) is 279 cm³/mol. The molecule has 0 bridgehead atoms. The Labute approximate surface area is 387 Å².